The molecule has 0 saturated carbocycles. The van der Waals surface area contributed by atoms with Gasteiger partial charge in [-0.05, 0) is 12.1 Å². The third-order valence-electron chi connectivity index (χ3n) is 3.52. The van der Waals surface area contributed by atoms with Gasteiger partial charge in [-0.3, -0.25) is 14.7 Å². The first-order chi connectivity index (χ1) is 10.6. The highest BCUT2D eigenvalue weighted by molar-refractivity contribution is 5.44. The minimum atomic E-state index is -0.874. The van der Waals surface area contributed by atoms with Crippen molar-refractivity contribution < 1.29 is 8.78 Å². The van der Waals surface area contributed by atoms with Crippen LogP contribution in [-0.2, 0) is 0 Å². The highest BCUT2D eigenvalue weighted by atomic mass is 19.1. The number of hydrogen-bond donors (Lipinski definition) is 2. The molecule has 2 N–H and O–H groups in total. The molecule has 0 bridgehead atoms. The molecule has 1 fully saturated rings. The molecule has 0 radical (unpaired) electrons. The van der Waals surface area contributed by atoms with Crippen LogP contribution in [0.2, 0.25) is 0 Å². The lowest BCUT2D eigenvalue weighted by Crippen LogP contribution is -2.48. The van der Waals surface area contributed by atoms with Crippen molar-refractivity contribution in [2.75, 3.05) is 31.1 Å². The minimum Gasteiger partial charge on any atom is -0.364 e. The lowest BCUT2D eigenvalue weighted by atomic mass is 10.3. The molecule has 0 atom stereocenters. The monoisotopic (exact) mass is 308 g/mol. The topological polar surface area (TPSA) is 70.1 Å². The molecule has 1 aromatic carbocycles. The largest absolute Gasteiger partial charge is 0.364 e. The molecule has 0 amide bonds. The number of anilines is 1. The molecule has 1 aromatic heterocycles. The van der Waals surface area contributed by atoms with Gasteiger partial charge in [0.2, 0.25) is 0 Å². The van der Waals surface area contributed by atoms with Crippen LogP contribution in [0.15, 0.2) is 34.0 Å². The number of rotatable bonds is 2. The highest BCUT2D eigenvalue weighted by Crippen LogP contribution is 2.11. The molecule has 3 rings (SSSR count). The second kappa shape index (κ2) is 5.72. The Morgan fingerprint density at radius 3 is 2.27 bits per heavy atom. The van der Waals surface area contributed by atoms with Crippen LogP contribution >= 0.6 is 0 Å². The Bertz CT molecular complexity index is 789. The first-order valence-corrected chi connectivity index (χ1v) is 6.83. The van der Waals surface area contributed by atoms with E-state index in [2.05, 4.69) is 10.4 Å². The van der Waals surface area contributed by atoms with E-state index in [1.54, 1.807) is 4.90 Å². The molecule has 2 heterocycles. The van der Waals surface area contributed by atoms with Crippen molar-refractivity contribution >= 4 is 5.69 Å². The molecule has 116 valence electrons. The van der Waals surface area contributed by atoms with Crippen molar-refractivity contribution in [1.29, 1.82) is 0 Å². The summed E-state index contributed by atoms with van der Waals surface area (Å²) in [5.41, 5.74) is -1.38. The zero-order valence-corrected chi connectivity index (χ0v) is 11.6. The second-order valence-corrected chi connectivity index (χ2v) is 4.99. The van der Waals surface area contributed by atoms with Gasteiger partial charge in [-0.25, -0.2) is 13.5 Å². The van der Waals surface area contributed by atoms with Gasteiger partial charge in [0.05, 0.1) is 5.69 Å². The average Bonchev–Trinajstić information content (AvgIpc) is 2.50. The Labute approximate surface area is 124 Å². The fourth-order valence-electron chi connectivity index (χ4n) is 2.46. The van der Waals surface area contributed by atoms with Gasteiger partial charge in [0, 0.05) is 38.4 Å². The molecular formula is C14H14F2N4O2. The van der Waals surface area contributed by atoms with E-state index < -0.39 is 22.6 Å². The lowest BCUT2D eigenvalue weighted by Gasteiger charge is -2.28. The van der Waals surface area contributed by atoms with E-state index in [4.69, 9.17) is 0 Å². The minimum absolute atomic E-state index is 0.0635. The maximum absolute atomic E-state index is 13.3. The Balaban J connectivity index is 2.06. The van der Waals surface area contributed by atoms with Crippen LogP contribution in [0.25, 0.3) is 5.69 Å². The number of halogens is 2. The van der Waals surface area contributed by atoms with Crippen LogP contribution in [0.1, 0.15) is 0 Å². The number of nitrogens with one attached hydrogen (secondary N) is 2. The van der Waals surface area contributed by atoms with E-state index in [-0.39, 0.29) is 11.4 Å². The molecule has 2 aromatic rings. The number of aromatic amines is 1. The first kappa shape index (κ1) is 14.5. The Kier molecular flexibility index (Phi) is 3.76. The average molecular weight is 308 g/mol. The van der Waals surface area contributed by atoms with Gasteiger partial charge in [-0.2, -0.15) is 0 Å². The van der Waals surface area contributed by atoms with Crippen LogP contribution in [0, 0.1) is 11.6 Å². The molecule has 0 unspecified atom stereocenters. The molecular weight excluding hydrogens is 294 g/mol. The third-order valence-corrected chi connectivity index (χ3v) is 3.52. The molecule has 22 heavy (non-hydrogen) atoms. The molecule has 8 heteroatoms. The third kappa shape index (κ3) is 2.64. The van der Waals surface area contributed by atoms with Crippen molar-refractivity contribution in [2.45, 2.75) is 0 Å². The van der Waals surface area contributed by atoms with E-state index >= 15 is 0 Å². The maximum Gasteiger partial charge on any atom is 0.319 e. The van der Waals surface area contributed by atoms with E-state index in [1.165, 1.54) is 6.20 Å². The van der Waals surface area contributed by atoms with Crippen molar-refractivity contribution in [2.24, 2.45) is 0 Å². The van der Waals surface area contributed by atoms with E-state index in [0.29, 0.717) is 19.2 Å². The summed E-state index contributed by atoms with van der Waals surface area (Å²) in [4.78, 5) is 26.2. The predicted molar refractivity (Wildman–Crippen MR) is 77.7 cm³/mol. The lowest BCUT2D eigenvalue weighted by molar-refractivity contribution is 0.577. The number of nitrogens with zero attached hydrogens (tertiary/aromatic N) is 2. The number of benzene rings is 1. The predicted octanol–water partition coefficient (Wildman–Crippen LogP) is 0.214. The molecule has 1 aliphatic rings. The quantitative estimate of drug-likeness (QED) is 0.779. The maximum atomic E-state index is 13.3. The van der Waals surface area contributed by atoms with Crippen molar-refractivity contribution in [3.8, 4) is 5.69 Å². The van der Waals surface area contributed by atoms with Gasteiger partial charge in [0.1, 0.15) is 17.3 Å². The van der Waals surface area contributed by atoms with Gasteiger partial charge in [-0.1, -0.05) is 0 Å². The Hall–Kier alpha value is -2.48. The van der Waals surface area contributed by atoms with Crippen molar-refractivity contribution in [1.82, 2.24) is 15.1 Å². The molecule has 0 aliphatic carbocycles. The van der Waals surface area contributed by atoms with Crippen molar-refractivity contribution in [3.63, 3.8) is 0 Å². The standard InChI is InChI=1S/C14H14F2N4O2/c15-9-5-10(16)7-11(6-9)20-14(22)13(21)12(8-18-20)19-3-1-17-2-4-19/h5-8,17-18H,1-4H2. The van der Waals surface area contributed by atoms with Crippen LogP contribution in [-0.4, -0.2) is 36.0 Å². The summed E-state index contributed by atoms with van der Waals surface area (Å²) in [6.07, 6.45) is 1.39. The van der Waals surface area contributed by atoms with Gasteiger partial charge in [0.15, 0.2) is 0 Å². The smallest absolute Gasteiger partial charge is 0.319 e. The second-order valence-electron chi connectivity index (χ2n) is 4.99. The van der Waals surface area contributed by atoms with Crippen LogP contribution in [0.5, 0.6) is 0 Å². The summed E-state index contributed by atoms with van der Waals surface area (Å²) >= 11 is 0. The van der Waals surface area contributed by atoms with E-state index in [1.807, 2.05) is 0 Å². The van der Waals surface area contributed by atoms with Crippen LogP contribution in [0.3, 0.4) is 0 Å². The van der Waals surface area contributed by atoms with Gasteiger partial charge in [0.25, 0.3) is 5.43 Å². The van der Waals surface area contributed by atoms with E-state index in [9.17, 15) is 18.4 Å². The van der Waals surface area contributed by atoms with Gasteiger partial charge < -0.3 is 10.2 Å². The summed E-state index contributed by atoms with van der Waals surface area (Å²) in [6, 6.07) is 2.65. The van der Waals surface area contributed by atoms with Gasteiger partial charge >= 0.3 is 5.56 Å². The molecule has 1 saturated heterocycles. The number of aromatic nitrogens is 2. The molecule has 0 spiro atoms. The van der Waals surface area contributed by atoms with Gasteiger partial charge in [-0.15, -0.1) is 0 Å². The van der Waals surface area contributed by atoms with Crippen LogP contribution < -0.4 is 21.2 Å². The first-order valence-electron chi connectivity index (χ1n) is 6.83. The number of hydrogen-bond acceptors (Lipinski definition) is 4. The zero-order valence-electron chi connectivity index (χ0n) is 11.6. The fourth-order valence-corrected chi connectivity index (χ4v) is 2.46. The number of H-pyrrole nitrogens is 1. The van der Waals surface area contributed by atoms with Crippen molar-refractivity contribution in [3.05, 3.63) is 56.6 Å². The zero-order chi connectivity index (χ0) is 15.7. The molecule has 1 aliphatic heterocycles. The van der Waals surface area contributed by atoms with E-state index in [0.717, 1.165) is 29.9 Å². The Morgan fingerprint density at radius 2 is 1.64 bits per heavy atom. The fraction of sp³-hybridized carbons (Fsp3) is 0.286. The summed E-state index contributed by atoms with van der Waals surface area (Å²) < 4.78 is 27.3. The molecule has 6 nitrogen and oxygen atoms in total. The SMILES string of the molecule is O=c1c(N2CCNCC2)c[nH]n(-c2cc(F)cc(F)c2)c1=O. The highest BCUT2D eigenvalue weighted by Gasteiger charge is 2.17. The van der Waals surface area contributed by atoms with Crippen LogP contribution in [0.4, 0.5) is 14.5 Å². The summed E-state index contributed by atoms with van der Waals surface area (Å²) in [7, 11) is 0. The number of piperazine rings is 1. The summed E-state index contributed by atoms with van der Waals surface area (Å²) in [6.45, 7) is 2.66. The summed E-state index contributed by atoms with van der Waals surface area (Å²) in [5.74, 6) is -1.65. The normalized spacial score (nSPS) is 15.1. The Morgan fingerprint density at radius 1 is 1.00 bits per heavy atom. The summed E-state index contributed by atoms with van der Waals surface area (Å²) in [5, 5.41) is 5.77.